The minimum atomic E-state index is -0.317. The van der Waals surface area contributed by atoms with E-state index in [1.165, 1.54) is 4.90 Å². The number of carbonyl (C=O) groups excluding carboxylic acids is 2. The average molecular weight is 358 g/mol. The summed E-state index contributed by atoms with van der Waals surface area (Å²) in [6.07, 6.45) is 4.85. The third-order valence-electron chi connectivity index (χ3n) is 5.40. The number of imide groups is 1. The Bertz CT molecular complexity index is 852. The van der Waals surface area contributed by atoms with Gasteiger partial charge in [-0.25, -0.2) is 4.90 Å². The smallest absolute Gasteiger partial charge is 0.240 e. The number of carbonyl (C=O) groups is 2. The Morgan fingerprint density at radius 2 is 1.88 bits per heavy atom. The summed E-state index contributed by atoms with van der Waals surface area (Å²) in [6, 6.07) is 7.52. The molecule has 0 N–H and O–H groups in total. The van der Waals surface area contributed by atoms with Gasteiger partial charge in [-0.15, -0.1) is 0 Å². The molecule has 2 bridgehead atoms. The molecule has 0 aliphatic carbocycles. The van der Waals surface area contributed by atoms with Gasteiger partial charge < -0.3 is 4.74 Å². The highest BCUT2D eigenvalue weighted by atomic mass is 35.5. The normalized spacial score (nSPS) is 30.4. The van der Waals surface area contributed by atoms with Crippen molar-refractivity contribution in [1.82, 2.24) is 9.78 Å². The molecule has 3 saturated heterocycles. The van der Waals surface area contributed by atoms with Crippen LogP contribution in [-0.2, 0) is 20.9 Å². The molecule has 3 fully saturated rings. The predicted octanol–water partition coefficient (Wildman–Crippen LogP) is 2.25. The molecule has 5 rings (SSSR count). The maximum absolute atomic E-state index is 12.8. The van der Waals surface area contributed by atoms with Crippen molar-refractivity contribution in [2.45, 2.75) is 31.6 Å². The molecular weight excluding hydrogens is 342 g/mol. The zero-order valence-corrected chi connectivity index (χ0v) is 14.1. The van der Waals surface area contributed by atoms with E-state index in [-0.39, 0.29) is 35.9 Å². The van der Waals surface area contributed by atoms with Crippen LogP contribution in [0, 0.1) is 11.8 Å². The van der Waals surface area contributed by atoms with Gasteiger partial charge in [0, 0.05) is 11.2 Å². The summed E-state index contributed by atoms with van der Waals surface area (Å²) in [5, 5.41) is 4.96. The lowest BCUT2D eigenvalue weighted by Gasteiger charge is -2.15. The Morgan fingerprint density at radius 3 is 2.56 bits per heavy atom. The van der Waals surface area contributed by atoms with Crippen molar-refractivity contribution in [2.24, 2.45) is 11.8 Å². The third kappa shape index (κ3) is 2.24. The van der Waals surface area contributed by atoms with Crippen LogP contribution < -0.4 is 4.90 Å². The van der Waals surface area contributed by atoms with Gasteiger partial charge in [-0.2, -0.15) is 5.10 Å². The van der Waals surface area contributed by atoms with Crippen LogP contribution in [0.15, 0.2) is 36.7 Å². The summed E-state index contributed by atoms with van der Waals surface area (Å²) in [6.45, 7) is 0.526. The first-order chi connectivity index (χ1) is 12.1. The second kappa shape index (κ2) is 5.41. The minimum absolute atomic E-state index is 0.0991. The van der Waals surface area contributed by atoms with Gasteiger partial charge in [-0.1, -0.05) is 23.7 Å². The van der Waals surface area contributed by atoms with Crippen molar-refractivity contribution in [3.63, 3.8) is 0 Å². The van der Waals surface area contributed by atoms with Crippen LogP contribution in [0.3, 0.4) is 0 Å². The second-order valence-corrected chi connectivity index (χ2v) is 7.32. The zero-order chi connectivity index (χ0) is 17.1. The monoisotopic (exact) mass is 357 g/mol. The topological polar surface area (TPSA) is 64.4 Å². The van der Waals surface area contributed by atoms with E-state index in [1.807, 2.05) is 24.3 Å². The molecule has 0 spiro atoms. The van der Waals surface area contributed by atoms with Crippen LogP contribution in [-0.4, -0.2) is 33.8 Å². The fourth-order valence-corrected chi connectivity index (χ4v) is 4.56. The van der Waals surface area contributed by atoms with E-state index in [0.29, 0.717) is 17.3 Å². The quantitative estimate of drug-likeness (QED) is 0.790. The van der Waals surface area contributed by atoms with Crippen LogP contribution >= 0.6 is 11.6 Å². The Balaban J connectivity index is 1.40. The molecule has 1 aromatic heterocycles. The van der Waals surface area contributed by atoms with Crippen molar-refractivity contribution >= 4 is 29.1 Å². The van der Waals surface area contributed by atoms with Crippen molar-refractivity contribution < 1.29 is 14.3 Å². The maximum Gasteiger partial charge on any atom is 0.240 e. The molecule has 2 aromatic rings. The first-order valence-corrected chi connectivity index (χ1v) is 8.80. The van der Waals surface area contributed by atoms with Crippen molar-refractivity contribution in [3.05, 3.63) is 47.2 Å². The van der Waals surface area contributed by atoms with Gasteiger partial charge in [0.2, 0.25) is 11.8 Å². The number of anilines is 1. The molecular formula is C18H16ClN3O3. The van der Waals surface area contributed by atoms with Crippen LogP contribution in [0.5, 0.6) is 0 Å². The number of nitrogens with zero attached hydrogens (tertiary/aromatic N) is 3. The third-order valence-corrected chi connectivity index (χ3v) is 5.63. The maximum atomic E-state index is 12.8. The van der Waals surface area contributed by atoms with Crippen molar-refractivity contribution in [1.29, 1.82) is 0 Å². The molecule has 128 valence electrons. The molecule has 3 aliphatic heterocycles. The molecule has 4 heterocycles. The molecule has 0 saturated carbocycles. The van der Waals surface area contributed by atoms with Gasteiger partial charge >= 0.3 is 0 Å². The van der Waals surface area contributed by atoms with Crippen LogP contribution in [0.4, 0.5) is 5.69 Å². The minimum Gasteiger partial charge on any atom is -0.373 e. The van der Waals surface area contributed by atoms with E-state index in [9.17, 15) is 9.59 Å². The lowest BCUT2D eigenvalue weighted by atomic mass is 9.81. The molecule has 3 aliphatic rings. The van der Waals surface area contributed by atoms with E-state index in [4.69, 9.17) is 16.3 Å². The summed E-state index contributed by atoms with van der Waals surface area (Å²) in [5.74, 6) is -0.931. The highest BCUT2D eigenvalue weighted by Crippen LogP contribution is 2.49. The highest BCUT2D eigenvalue weighted by molar-refractivity contribution is 6.30. The second-order valence-electron chi connectivity index (χ2n) is 6.88. The molecule has 0 unspecified atom stereocenters. The number of benzene rings is 1. The highest BCUT2D eigenvalue weighted by Gasteiger charge is 2.62. The van der Waals surface area contributed by atoms with E-state index in [1.54, 1.807) is 17.1 Å². The Morgan fingerprint density at radius 1 is 1.16 bits per heavy atom. The van der Waals surface area contributed by atoms with Crippen LogP contribution in [0.2, 0.25) is 5.02 Å². The molecule has 7 heteroatoms. The van der Waals surface area contributed by atoms with Gasteiger partial charge in [0.1, 0.15) is 0 Å². The predicted molar refractivity (Wildman–Crippen MR) is 90.1 cm³/mol. The molecule has 2 amide bonds. The SMILES string of the molecule is O=C1[C@H]2[C@H](C(=O)N1c1cnn(Cc3cccc(Cl)c3)c1)[C@H]1CC[C@H]2O1. The molecule has 0 radical (unpaired) electrons. The number of halogens is 1. The summed E-state index contributed by atoms with van der Waals surface area (Å²) in [4.78, 5) is 26.8. The molecule has 6 nitrogen and oxygen atoms in total. The van der Waals surface area contributed by atoms with Gasteiger partial charge in [-0.05, 0) is 30.5 Å². The van der Waals surface area contributed by atoms with Gasteiger partial charge in [0.25, 0.3) is 0 Å². The summed E-state index contributed by atoms with van der Waals surface area (Å²) < 4.78 is 7.47. The van der Waals surface area contributed by atoms with Gasteiger partial charge in [0.05, 0.1) is 42.5 Å². The number of aromatic nitrogens is 2. The van der Waals surface area contributed by atoms with E-state index < -0.39 is 0 Å². The summed E-state index contributed by atoms with van der Waals surface area (Å²) in [7, 11) is 0. The molecule has 25 heavy (non-hydrogen) atoms. The number of amides is 2. The Kier molecular flexibility index (Phi) is 3.27. The number of rotatable bonds is 3. The number of ether oxygens (including phenoxy) is 1. The standard InChI is InChI=1S/C18H16ClN3O3/c19-11-3-1-2-10(6-11)8-21-9-12(7-20-21)22-17(23)15-13-4-5-14(25-13)16(15)18(22)24/h1-3,6-7,9,13-16H,4-5,8H2/t13-,14-,15-,16-/m1/s1. The van der Waals surface area contributed by atoms with E-state index >= 15 is 0 Å². The van der Waals surface area contributed by atoms with Crippen molar-refractivity contribution in [2.75, 3.05) is 4.90 Å². The van der Waals surface area contributed by atoms with Crippen molar-refractivity contribution in [3.8, 4) is 0 Å². The Labute approximate surface area is 149 Å². The fraction of sp³-hybridized carbons (Fsp3) is 0.389. The lowest BCUT2D eigenvalue weighted by molar-refractivity contribution is -0.124. The lowest BCUT2D eigenvalue weighted by Crippen LogP contribution is -2.33. The van der Waals surface area contributed by atoms with Crippen LogP contribution in [0.25, 0.3) is 0 Å². The van der Waals surface area contributed by atoms with E-state index in [0.717, 1.165) is 18.4 Å². The number of hydrogen-bond donors (Lipinski definition) is 0. The van der Waals surface area contributed by atoms with Gasteiger partial charge in [-0.3, -0.25) is 14.3 Å². The number of hydrogen-bond acceptors (Lipinski definition) is 4. The fourth-order valence-electron chi connectivity index (χ4n) is 4.34. The largest absolute Gasteiger partial charge is 0.373 e. The van der Waals surface area contributed by atoms with Crippen LogP contribution in [0.1, 0.15) is 18.4 Å². The first kappa shape index (κ1) is 15.1. The summed E-state index contributed by atoms with van der Waals surface area (Å²) in [5.41, 5.74) is 1.54. The molecule has 4 atom stereocenters. The summed E-state index contributed by atoms with van der Waals surface area (Å²) >= 11 is 6.01. The van der Waals surface area contributed by atoms with E-state index in [2.05, 4.69) is 5.10 Å². The Hall–Kier alpha value is -2.18. The average Bonchev–Trinajstić information content (AvgIpc) is 3.33. The first-order valence-electron chi connectivity index (χ1n) is 8.42. The number of fused-ring (bicyclic) bond motifs is 5. The zero-order valence-electron chi connectivity index (χ0n) is 13.3. The van der Waals surface area contributed by atoms with Gasteiger partial charge in [0.15, 0.2) is 0 Å². The molecule has 1 aromatic carbocycles.